The first kappa shape index (κ1) is 92.6. The van der Waals surface area contributed by atoms with Gasteiger partial charge in [0.05, 0.1) is 46.9 Å². The number of carbonyl (C=O) groups is 1. The third-order valence-corrected chi connectivity index (χ3v) is 55.8. The van der Waals surface area contributed by atoms with Crippen molar-refractivity contribution in [3.63, 3.8) is 0 Å². The van der Waals surface area contributed by atoms with Gasteiger partial charge < -0.3 is 23.5 Å². The summed E-state index contributed by atoms with van der Waals surface area (Å²) in [7, 11) is -13.4. The molecule has 0 bridgehead atoms. The van der Waals surface area contributed by atoms with Crippen molar-refractivity contribution < 1.29 is 22.9 Å². The van der Waals surface area contributed by atoms with E-state index in [9.17, 15) is 9.59 Å². The van der Waals surface area contributed by atoms with E-state index in [0.717, 1.165) is 38.5 Å². The van der Waals surface area contributed by atoms with Crippen LogP contribution in [0.15, 0.2) is 164 Å². The van der Waals surface area contributed by atoms with E-state index in [-0.39, 0.29) is 12.1 Å². The number of allylic oxidation sites excluding steroid dienone is 3. The summed E-state index contributed by atoms with van der Waals surface area (Å²) in [6.07, 6.45) is 21.3. The predicted molar refractivity (Wildman–Crippen MR) is 483 cm³/mol. The first-order valence-electron chi connectivity index (χ1n) is 40.3. The number of rotatable bonds is 51. The van der Waals surface area contributed by atoms with Crippen LogP contribution in [-0.4, -0.2) is 138 Å². The first-order chi connectivity index (χ1) is 48.6. The number of carbonyl (C=O) groups excluding carboxylic acids is 2. The number of aliphatic imine (C=N–C) groups is 1. The number of urea groups is 1. The van der Waals surface area contributed by atoms with E-state index < -0.39 is 81.2 Å². The highest BCUT2D eigenvalue weighted by atomic mass is 31.1. The van der Waals surface area contributed by atoms with E-state index in [0.29, 0.717) is 30.5 Å². The van der Waals surface area contributed by atoms with Crippen molar-refractivity contribution in [1.29, 1.82) is 0 Å². The maximum Gasteiger partial charge on any atom is 0.317 e. The normalized spacial score (nSPS) is 15.0. The Hall–Kier alpha value is -2.77. The minimum absolute atomic E-state index is 0.147. The van der Waals surface area contributed by atoms with Crippen molar-refractivity contribution in [2.45, 2.75) is 311 Å². The number of hydrogen-bond acceptors (Lipinski definition) is 6. The summed E-state index contributed by atoms with van der Waals surface area (Å²) in [4.78, 5) is 31.9. The van der Waals surface area contributed by atoms with Crippen molar-refractivity contribution in [3.05, 3.63) is 159 Å². The summed E-state index contributed by atoms with van der Waals surface area (Å²) >= 11 is 0. The number of amides is 2. The van der Waals surface area contributed by atoms with Crippen molar-refractivity contribution in [3.8, 4) is 0 Å². The standard InChI is InChI=1S/C57H86N2OP2Si4.C28H63NO4Si4/c1-10-38-63(4,5)41-26-45-66(46-27-42-64(6,7)39-11-2,47-28-43-65(8,9)40-12-3)44-25-37-58-57(60)59-49-56(62(54-33-21-15-22-34-54)55-35-23-16-24-36-55)48-51(59)50-61(52-29-17-13-18-30-52)53-31-19-14-20-32-53;1-26(2)31-34(7,8)18-14-22-37(21-13-17-29-25-30,23-15-19-35(9,10)32-27(3)4)24-16-20-36(11,12)33-28(5)6/h10-24,29-36,51,56H,1-3,25-28,37-50H2,4-9H3,(H,58,60);26-28H,13-24H2,1-12H3/t51-,56-;/m0./s1. The van der Waals surface area contributed by atoms with Crippen LogP contribution < -0.4 is 26.5 Å². The van der Waals surface area contributed by atoms with Gasteiger partial charge in [-0.05, 0) is 180 Å². The summed E-state index contributed by atoms with van der Waals surface area (Å²) < 4.78 is 19.1. The summed E-state index contributed by atoms with van der Waals surface area (Å²) in [5.74, 6) is 0. The average Bonchev–Trinajstić information content (AvgIpc) is 1.65. The topological polar surface area (TPSA) is 89.5 Å². The number of nitrogens with zero attached hydrogens (tertiary/aromatic N) is 2. The Bertz CT molecular complexity index is 2850. The van der Waals surface area contributed by atoms with E-state index in [2.05, 4.69) is 295 Å². The zero-order valence-corrected chi connectivity index (χ0v) is 78.6. The lowest BCUT2D eigenvalue weighted by atomic mass is 10.2. The molecule has 1 N–H and O–H groups in total. The summed E-state index contributed by atoms with van der Waals surface area (Å²) in [6, 6.07) is 67.4. The van der Waals surface area contributed by atoms with Crippen LogP contribution >= 0.6 is 15.8 Å². The van der Waals surface area contributed by atoms with E-state index >= 15 is 0 Å². The van der Waals surface area contributed by atoms with Crippen LogP contribution in [0.5, 0.6) is 0 Å². The molecule has 0 aromatic heterocycles. The van der Waals surface area contributed by atoms with Crippen LogP contribution in [0.3, 0.4) is 0 Å². The van der Waals surface area contributed by atoms with E-state index in [4.69, 9.17) is 13.3 Å². The zero-order chi connectivity index (χ0) is 76.2. The summed E-state index contributed by atoms with van der Waals surface area (Å²) in [5, 5.41) is 9.20. The van der Waals surface area contributed by atoms with Crippen LogP contribution in [0.25, 0.3) is 0 Å². The van der Waals surface area contributed by atoms with Gasteiger partial charge in [-0.1, -0.05) is 284 Å². The molecule has 1 aliphatic heterocycles. The van der Waals surface area contributed by atoms with Gasteiger partial charge >= 0.3 is 6.03 Å². The highest BCUT2D eigenvalue weighted by molar-refractivity contribution is 7.74. The van der Waals surface area contributed by atoms with Crippen molar-refractivity contribution in [1.82, 2.24) is 10.2 Å². The highest BCUT2D eigenvalue weighted by Gasteiger charge is 2.43. The Morgan fingerprint density at radius 1 is 0.476 bits per heavy atom. The molecule has 0 saturated carbocycles. The predicted octanol–water partition coefficient (Wildman–Crippen LogP) is 24.3. The second-order valence-electron chi connectivity index (χ2n) is 35.8. The van der Waals surface area contributed by atoms with Gasteiger partial charge in [0.2, 0.25) is 6.08 Å². The Labute approximate surface area is 643 Å². The fraction of sp³-hybridized carbons (Fsp3) is 0.624. The third-order valence-electron chi connectivity index (χ3n) is 21.7. The molecule has 4 aromatic carbocycles. The van der Waals surface area contributed by atoms with Crippen LogP contribution in [0.4, 0.5) is 4.79 Å². The lowest BCUT2D eigenvalue weighted by molar-refractivity contribution is 0.197. The van der Waals surface area contributed by atoms with E-state index in [1.165, 1.54) is 162 Å². The summed E-state index contributed by atoms with van der Waals surface area (Å²) in [5.41, 5.74) is 0.376. The molecule has 103 heavy (non-hydrogen) atoms. The fourth-order valence-electron chi connectivity index (χ4n) is 16.9. The molecule has 0 radical (unpaired) electrons. The minimum atomic E-state index is -1.65. The van der Waals surface area contributed by atoms with E-state index in [1.807, 2.05) is 0 Å². The molecule has 18 heteroatoms. The highest BCUT2D eigenvalue weighted by Crippen LogP contribution is 2.48. The summed E-state index contributed by atoms with van der Waals surface area (Å²) in [6.45, 7) is 57.3. The monoisotopic (exact) mass is 1580 g/mol. The SMILES string of the molecule is C=CC[Si](C)(C)CCC[Si](CCCNC(=O)N1C[C@@H](P(c2ccccc2)c2ccccc2)C[C@H]1CP(c1ccccc1)c1ccccc1)(CCC[Si](C)(C)CC=C)CCC[Si](C)(C)CC=C.CC(C)O[Si](C)(C)CCC[Si](CCCN=C=O)(CCC[Si](C)(C)OC(C)C)CCC[Si](C)(C)OC(C)C. The van der Waals surface area contributed by atoms with Gasteiger partial charge in [-0.3, -0.25) is 0 Å². The maximum absolute atomic E-state index is 14.9. The number of benzene rings is 4. The van der Waals surface area contributed by atoms with Gasteiger partial charge in [-0.15, -0.1) is 19.7 Å². The van der Waals surface area contributed by atoms with Gasteiger partial charge in [-0.2, -0.15) is 0 Å². The molecule has 1 saturated heterocycles. The number of nitrogens with one attached hydrogen (secondary N) is 1. The van der Waals surface area contributed by atoms with Crippen LogP contribution in [0.1, 0.15) is 99.3 Å². The fourth-order valence-corrected chi connectivity index (χ4v) is 48.6. The Balaban J connectivity index is 0.000000517. The van der Waals surface area contributed by atoms with Gasteiger partial charge in [0.1, 0.15) is 0 Å². The van der Waals surface area contributed by atoms with Gasteiger partial charge in [0, 0.05) is 43.1 Å². The second-order valence-corrected chi connectivity index (χ2v) is 79.0. The van der Waals surface area contributed by atoms with Crippen molar-refractivity contribution in [2.75, 3.05) is 25.8 Å². The molecule has 4 aromatic rings. The van der Waals surface area contributed by atoms with Crippen LogP contribution in [0.2, 0.25) is 181 Å². The molecule has 576 valence electrons. The molecule has 1 fully saturated rings. The number of isocyanates is 1. The zero-order valence-electron chi connectivity index (χ0n) is 68.8. The minimum Gasteiger partial charge on any atom is -0.415 e. The molecule has 1 heterocycles. The van der Waals surface area contributed by atoms with Crippen molar-refractivity contribution in [2.24, 2.45) is 4.99 Å². The quantitative estimate of drug-likeness (QED) is 0.0119. The van der Waals surface area contributed by atoms with Gasteiger partial charge in [-0.25, -0.2) is 14.6 Å². The Kier molecular flexibility index (Phi) is 42.0. The van der Waals surface area contributed by atoms with Gasteiger partial charge in [0.15, 0.2) is 25.0 Å². The molecule has 0 unspecified atom stereocenters. The first-order valence-corrected chi connectivity index (χ1v) is 68.5. The second kappa shape index (κ2) is 46.7. The lowest BCUT2D eigenvalue weighted by Gasteiger charge is -2.36. The molecule has 5 rings (SSSR count). The van der Waals surface area contributed by atoms with Crippen molar-refractivity contribution >= 4 is 114 Å². The van der Waals surface area contributed by atoms with Crippen LogP contribution in [0, 0.1) is 0 Å². The average molecular weight is 1580 g/mol. The number of hydrogen-bond donors (Lipinski definition) is 1. The Morgan fingerprint density at radius 2 is 0.786 bits per heavy atom. The molecular weight excluding hydrogens is 1430 g/mol. The molecule has 2 amide bonds. The van der Waals surface area contributed by atoms with Gasteiger partial charge in [0.25, 0.3) is 0 Å². The smallest absolute Gasteiger partial charge is 0.317 e. The Morgan fingerprint density at radius 3 is 1.11 bits per heavy atom. The molecule has 8 nitrogen and oxygen atoms in total. The lowest BCUT2D eigenvalue weighted by Crippen LogP contribution is -2.45. The number of likely N-dealkylation sites (tertiary alicyclic amines) is 1. The molecule has 0 aliphatic carbocycles. The van der Waals surface area contributed by atoms with E-state index in [1.54, 1.807) is 6.08 Å². The molecule has 2 atom stereocenters. The van der Waals surface area contributed by atoms with Crippen LogP contribution in [-0.2, 0) is 18.1 Å². The molecule has 1 aliphatic rings. The molecule has 0 spiro atoms. The maximum atomic E-state index is 14.9. The third kappa shape index (κ3) is 37.0. The largest absolute Gasteiger partial charge is 0.415 e. The molecular formula is C85H149N3O5P2Si8.